The smallest absolute Gasteiger partial charge is 0.271 e. The van der Waals surface area contributed by atoms with E-state index in [9.17, 15) is 14.9 Å². The lowest BCUT2D eigenvalue weighted by molar-refractivity contribution is -0.140. The van der Waals surface area contributed by atoms with Crippen LogP contribution in [0.25, 0.3) is 6.08 Å². The van der Waals surface area contributed by atoms with E-state index in [4.69, 9.17) is 21.1 Å². The first-order chi connectivity index (χ1) is 18.4. The van der Waals surface area contributed by atoms with Crippen molar-refractivity contribution in [3.05, 3.63) is 111 Å². The molecule has 1 aliphatic heterocycles. The number of carbonyl (C=O) groups is 2. The highest BCUT2D eigenvalue weighted by molar-refractivity contribution is 6.31. The maximum atomic E-state index is 13.4. The number of imide groups is 1. The molecule has 0 saturated heterocycles. The number of hydrogen-bond donors (Lipinski definition) is 0. The van der Waals surface area contributed by atoms with Gasteiger partial charge >= 0.3 is 0 Å². The van der Waals surface area contributed by atoms with Crippen LogP contribution >= 0.6 is 11.6 Å². The SMILES string of the molecule is CCOc1cc(/C=C2/C(=O)N(CCc3ccccc3)C(=O)C(C#N)=C2C)ccc1OCc1ccccc1Cl. The molecule has 0 atom stereocenters. The Bertz CT molecular complexity index is 1450. The predicted molar refractivity (Wildman–Crippen MR) is 147 cm³/mol. The van der Waals surface area contributed by atoms with E-state index in [0.717, 1.165) is 16.0 Å². The zero-order valence-corrected chi connectivity index (χ0v) is 22.0. The Morgan fingerprint density at radius 2 is 1.68 bits per heavy atom. The maximum absolute atomic E-state index is 13.4. The summed E-state index contributed by atoms with van der Waals surface area (Å²) in [6.07, 6.45) is 2.17. The van der Waals surface area contributed by atoms with E-state index in [1.54, 1.807) is 37.3 Å². The number of ether oxygens (including phenoxy) is 2. The number of nitrogens with zero attached hydrogens (tertiary/aromatic N) is 2. The van der Waals surface area contributed by atoms with Gasteiger partial charge in [-0.2, -0.15) is 5.26 Å². The summed E-state index contributed by atoms with van der Waals surface area (Å²) in [5, 5.41) is 10.3. The first-order valence-electron chi connectivity index (χ1n) is 12.3. The monoisotopic (exact) mass is 526 g/mol. The van der Waals surface area contributed by atoms with Crippen LogP contribution in [0.2, 0.25) is 5.02 Å². The molecule has 0 unspecified atom stereocenters. The highest BCUT2D eigenvalue weighted by Crippen LogP contribution is 2.33. The fraction of sp³-hybridized carbons (Fsp3) is 0.194. The molecule has 38 heavy (non-hydrogen) atoms. The second-order valence-electron chi connectivity index (χ2n) is 8.69. The molecule has 7 heteroatoms. The quantitative estimate of drug-likeness (QED) is 0.247. The third kappa shape index (κ3) is 5.96. The van der Waals surface area contributed by atoms with E-state index in [0.29, 0.717) is 46.3 Å². The van der Waals surface area contributed by atoms with Crippen molar-refractivity contribution in [2.75, 3.05) is 13.2 Å². The summed E-state index contributed by atoms with van der Waals surface area (Å²) in [6.45, 7) is 4.36. The maximum Gasteiger partial charge on any atom is 0.271 e. The van der Waals surface area contributed by atoms with Gasteiger partial charge in [-0.1, -0.05) is 66.2 Å². The standard InChI is InChI=1S/C31H27ClN2O4/c1-3-37-29-18-23(13-14-28(29)38-20-24-11-7-8-12-27(24)32)17-25-21(2)26(19-33)31(36)34(30(25)35)16-15-22-9-5-4-6-10-22/h4-14,17-18H,3,15-16,20H2,1-2H3/b25-17+. The number of nitriles is 1. The number of hydrogen-bond acceptors (Lipinski definition) is 5. The first-order valence-corrected chi connectivity index (χ1v) is 12.7. The zero-order chi connectivity index (χ0) is 27.1. The van der Waals surface area contributed by atoms with Crippen LogP contribution in [0.4, 0.5) is 0 Å². The molecular formula is C31H27ClN2O4. The lowest BCUT2D eigenvalue weighted by Gasteiger charge is -2.27. The van der Waals surface area contributed by atoms with Crippen LogP contribution in [0.15, 0.2) is 89.5 Å². The molecule has 0 aromatic heterocycles. The zero-order valence-electron chi connectivity index (χ0n) is 21.2. The number of halogens is 1. The minimum atomic E-state index is -0.568. The highest BCUT2D eigenvalue weighted by Gasteiger charge is 2.35. The normalized spacial score (nSPS) is 14.6. The summed E-state index contributed by atoms with van der Waals surface area (Å²) in [7, 11) is 0. The Morgan fingerprint density at radius 3 is 2.39 bits per heavy atom. The van der Waals surface area contributed by atoms with Crippen LogP contribution in [0.1, 0.15) is 30.5 Å². The largest absolute Gasteiger partial charge is 0.490 e. The van der Waals surface area contributed by atoms with Gasteiger partial charge in [0.1, 0.15) is 18.2 Å². The van der Waals surface area contributed by atoms with Crippen molar-refractivity contribution < 1.29 is 19.1 Å². The molecule has 1 heterocycles. The van der Waals surface area contributed by atoms with Crippen LogP contribution in [0, 0.1) is 11.3 Å². The second-order valence-corrected chi connectivity index (χ2v) is 9.09. The minimum Gasteiger partial charge on any atom is -0.490 e. The van der Waals surface area contributed by atoms with E-state index in [2.05, 4.69) is 0 Å². The van der Waals surface area contributed by atoms with Crippen molar-refractivity contribution >= 4 is 29.5 Å². The lowest BCUT2D eigenvalue weighted by Crippen LogP contribution is -2.43. The van der Waals surface area contributed by atoms with Gasteiger partial charge in [0, 0.05) is 22.7 Å². The van der Waals surface area contributed by atoms with Gasteiger partial charge in [0.25, 0.3) is 11.8 Å². The summed E-state index contributed by atoms with van der Waals surface area (Å²) < 4.78 is 11.8. The molecule has 3 aromatic carbocycles. The van der Waals surface area contributed by atoms with Crippen LogP contribution < -0.4 is 9.47 Å². The number of rotatable bonds is 9. The molecular weight excluding hydrogens is 500 g/mol. The third-order valence-electron chi connectivity index (χ3n) is 6.21. The van der Waals surface area contributed by atoms with Crippen molar-refractivity contribution in [1.29, 1.82) is 5.26 Å². The highest BCUT2D eigenvalue weighted by atomic mass is 35.5. The van der Waals surface area contributed by atoms with Crippen molar-refractivity contribution in [1.82, 2.24) is 4.90 Å². The Balaban J connectivity index is 1.62. The van der Waals surface area contributed by atoms with Gasteiger partial charge in [0.05, 0.1) is 6.61 Å². The third-order valence-corrected chi connectivity index (χ3v) is 6.58. The Kier molecular flexibility index (Phi) is 8.62. The van der Waals surface area contributed by atoms with Gasteiger partial charge in [-0.05, 0) is 61.2 Å². The second kappa shape index (κ2) is 12.3. The van der Waals surface area contributed by atoms with Crippen molar-refractivity contribution in [2.45, 2.75) is 26.9 Å². The van der Waals surface area contributed by atoms with E-state index in [1.165, 1.54) is 0 Å². The molecule has 0 spiro atoms. The molecule has 0 bridgehead atoms. The summed E-state index contributed by atoms with van der Waals surface area (Å²) in [5.41, 5.74) is 3.14. The molecule has 6 nitrogen and oxygen atoms in total. The molecule has 0 aliphatic carbocycles. The number of benzene rings is 3. The molecule has 3 aromatic rings. The molecule has 0 fully saturated rings. The van der Waals surface area contributed by atoms with Crippen LogP contribution in [-0.4, -0.2) is 29.9 Å². The van der Waals surface area contributed by atoms with E-state index in [-0.39, 0.29) is 18.7 Å². The molecule has 0 radical (unpaired) electrons. The molecule has 192 valence electrons. The lowest BCUT2D eigenvalue weighted by atomic mass is 9.93. The molecule has 0 N–H and O–H groups in total. The summed E-state index contributed by atoms with van der Waals surface area (Å²) in [5.74, 6) is 0.0469. The fourth-order valence-electron chi connectivity index (χ4n) is 4.16. The van der Waals surface area contributed by atoms with Crippen LogP contribution in [0.3, 0.4) is 0 Å². The average Bonchev–Trinajstić information content (AvgIpc) is 2.92. The van der Waals surface area contributed by atoms with Crippen molar-refractivity contribution in [2.24, 2.45) is 0 Å². The summed E-state index contributed by atoms with van der Waals surface area (Å²) in [4.78, 5) is 27.5. The predicted octanol–water partition coefficient (Wildman–Crippen LogP) is 6.15. The Hall–Kier alpha value is -4.34. The van der Waals surface area contributed by atoms with Crippen molar-refractivity contribution in [3.8, 4) is 17.6 Å². The summed E-state index contributed by atoms with van der Waals surface area (Å²) in [6, 6.07) is 24.4. The molecule has 2 amide bonds. The van der Waals surface area contributed by atoms with Crippen LogP contribution in [-0.2, 0) is 22.6 Å². The van der Waals surface area contributed by atoms with Crippen molar-refractivity contribution in [3.63, 3.8) is 0 Å². The number of carbonyl (C=O) groups excluding carboxylic acids is 2. The Morgan fingerprint density at radius 1 is 0.947 bits per heavy atom. The summed E-state index contributed by atoms with van der Waals surface area (Å²) >= 11 is 6.25. The van der Waals surface area contributed by atoms with Gasteiger partial charge < -0.3 is 9.47 Å². The van der Waals surface area contributed by atoms with Gasteiger partial charge in [-0.25, -0.2) is 0 Å². The van der Waals surface area contributed by atoms with E-state index < -0.39 is 11.8 Å². The number of amides is 2. The van der Waals surface area contributed by atoms with Gasteiger partial charge in [0.2, 0.25) is 0 Å². The minimum absolute atomic E-state index is 0.0337. The average molecular weight is 527 g/mol. The Labute approximate surface area is 227 Å². The van der Waals surface area contributed by atoms with Crippen LogP contribution in [0.5, 0.6) is 11.5 Å². The molecule has 1 aliphatic rings. The van der Waals surface area contributed by atoms with Gasteiger partial charge in [-0.15, -0.1) is 0 Å². The van der Waals surface area contributed by atoms with Gasteiger partial charge in [0.15, 0.2) is 11.5 Å². The topological polar surface area (TPSA) is 79.6 Å². The van der Waals surface area contributed by atoms with E-state index in [1.807, 2.05) is 61.5 Å². The fourth-order valence-corrected chi connectivity index (χ4v) is 4.35. The van der Waals surface area contributed by atoms with Gasteiger partial charge in [-0.3, -0.25) is 14.5 Å². The molecule has 0 saturated carbocycles. The first kappa shape index (κ1) is 26.7. The molecule has 4 rings (SSSR count). The van der Waals surface area contributed by atoms with E-state index >= 15 is 0 Å².